The third-order valence-electron chi connectivity index (χ3n) is 3.15. The predicted octanol–water partition coefficient (Wildman–Crippen LogP) is 2.49. The van der Waals surface area contributed by atoms with Crippen molar-refractivity contribution in [2.24, 2.45) is 0 Å². The molecular formula is C15H15N5O2. The van der Waals surface area contributed by atoms with Crippen LogP contribution in [0.15, 0.2) is 30.5 Å². The summed E-state index contributed by atoms with van der Waals surface area (Å²) in [6.07, 6.45) is 1.60. The van der Waals surface area contributed by atoms with Crippen LogP contribution in [0.4, 0.5) is 11.8 Å². The van der Waals surface area contributed by atoms with Crippen molar-refractivity contribution in [3.63, 3.8) is 0 Å². The molecule has 0 aliphatic heterocycles. The summed E-state index contributed by atoms with van der Waals surface area (Å²) in [4.78, 5) is 17.1. The summed E-state index contributed by atoms with van der Waals surface area (Å²) < 4.78 is 10.2. The molecule has 0 amide bonds. The van der Waals surface area contributed by atoms with Gasteiger partial charge in [-0.25, -0.2) is 15.0 Å². The Kier molecular flexibility index (Phi) is 3.69. The minimum Gasteiger partial charge on any atom is -0.497 e. The minimum atomic E-state index is 0.282. The molecule has 0 unspecified atom stereocenters. The Morgan fingerprint density at radius 2 is 1.86 bits per heavy atom. The SMILES string of the molecule is COc1ccc2c(C)nc(Nc3ccnc(OC)n3)nc2c1. The van der Waals surface area contributed by atoms with Crippen molar-refractivity contribution >= 4 is 22.7 Å². The first-order valence-electron chi connectivity index (χ1n) is 6.66. The van der Waals surface area contributed by atoms with Crippen LogP contribution in [0, 0.1) is 6.92 Å². The monoisotopic (exact) mass is 297 g/mol. The van der Waals surface area contributed by atoms with Crippen molar-refractivity contribution < 1.29 is 9.47 Å². The summed E-state index contributed by atoms with van der Waals surface area (Å²) in [5.41, 5.74) is 1.67. The third kappa shape index (κ3) is 2.73. The standard InChI is InChI=1S/C15H15N5O2/c1-9-11-5-4-10(21-2)8-12(11)18-14(17-9)19-13-6-7-16-15(20-13)22-3/h4-8H,1-3H3,(H,16,17,18,19,20). The molecule has 1 N–H and O–H groups in total. The summed E-state index contributed by atoms with van der Waals surface area (Å²) >= 11 is 0. The number of anilines is 2. The minimum absolute atomic E-state index is 0.282. The van der Waals surface area contributed by atoms with Crippen LogP contribution in [0.2, 0.25) is 0 Å². The average Bonchev–Trinajstić information content (AvgIpc) is 2.54. The van der Waals surface area contributed by atoms with E-state index < -0.39 is 0 Å². The quantitative estimate of drug-likeness (QED) is 0.792. The van der Waals surface area contributed by atoms with Gasteiger partial charge in [0.1, 0.15) is 11.6 Å². The lowest BCUT2D eigenvalue weighted by Crippen LogP contribution is -2.02. The Bertz CT molecular complexity index is 822. The molecule has 2 heterocycles. The number of hydrogen-bond donors (Lipinski definition) is 1. The van der Waals surface area contributed by atoms with E-state index in [1.54, 1.807) is 19.4 Å². The summed E-state index contributed by atoms with van der Waals surface area (Å²) in [6, 6.07) is 7.71. The maximum atomic E-state index is 5.23. The van der Waals surface area contributed by atoms with Crippen LogP contribution in [-0.4, -0.2) is 34.2 Å². The lowest BCUT2D eigenvalue weighted by Gasteiger charge is -2.08. The highest BCUT2D eigenvalue weighted by atomic mass is 16.5. The van der Waals surface area contributed by atoms with Crippen LogP contribution in [0.25, 0.3) is 10.9 Å². The Labute approximate surface area is 127 Å². The molecule has 22 heavy (non-hydrogen) atoms. The van der Waals surface area contributed by atoms with Crippen molar-refractivity contribution in [1.29, 1.82) is 0 Å². The lowest BCUT2D eigenvalue weighted by molar-refractivity contribution is 0.380. The molecule has 0 aliphatic rings. The van der Waals surface area contributed by atoms with Gasteiger partial charge in [-0.2, -0.15) is 4.98 Å². The van der Waals surface area contributed by atoms with E-state index in [1.165, 1.54) is 7.11 Å². The van der Waals surface area contributed by atoms with Crippen LogP contribution in [0.3, 0.4) is 0 Å². The molecule has 3 rings (SSSR count). The molecule has 0 saturated carbocycles. The molecule has 0 aliphatic carbocycles. The molecular weight excluding hydrogens is 282 g/mol. The first kappa shape index (κ1) is 14.0. The lowest BCUT2D eigenvalue weighted by atomic mass is 10.2. The van der Waals surface area contributed by atoms with Gasteiger partial charge in [0, 0.05) is 17.6 Å². The number of ether oxygens (including phenoxy) is 2. The van der Waals surface area contributed by atoms with Crippen LogP contribution in [0.1, 0.15) is 5.69 Å². The zero-order valence-corrected chi connectivity index (χ0v) is 12.5. The van der Waals surface area contributed by atoms with Crippen LogP contribution < -0.4 is 14.8 Å². The van der Waals surface area contributed by atoms with E-state index >= 15 is 0 Å². The number of nitrogens with zero attached hydrogens (tertiary/aromatic N) is 4. The van der Waals surface area contributed by atoms with Gasteiger partial charge in [-0.05, 0) is 25.1 Å². The van der Waals surface area contributed by atoms with Gasteiger partial charge in [0.2, 0.25) is 5.95 Å². The van der Waals surface area contributed by atoms with Crippen molar-refractivity contribution in [2.45, 2.75) is 6.92 Å². The zero-order chi connectivity index (χ0) is 15.5. The maximum Gasteiger partial charge on any atom is 0.318 e. The van der Waals surface area contributed by atoms with Crippen molar-refractivity contribution in [3.8, 4) is 11.8 Å². The predicted molar refractivity (Wildman–Crippen MR) is 82.7 cm³/mol. The van der Waals surface area contributed by atoms with E-state index in [0.717, 1.165) is 22.3 Å². The number of fused-ring (bicyclic) bond motifs is 1. The van der Waals surface area contributed by atoms with Crippen LogP contribution >= 0.6 is 0 Å². The van der Waals surface area contributed by atoms with E-state index in [-0.39, 0.29) is 6.01 Å². The van der Waals surface area contributed by atoms with E-state index in [2.05, 4.69) is 25.3 Å². The molecule has 0 fully saturated rings. The van der Waals surface area contributed by atoms with Gasteiger partial charge in [-0.1, -0.05) is 0 Å². The Morgan fingerprint density at radius 1 is 1.00 bits per heavy atom. The second-order valence-corrected chi connectivity index (χ2v) is 4.57. The highest BCUT2D eigenvalue weighted by Gasteiger charge is 2.07. The van der Waals surface area contributed by atoms with Gasteiger partial charge in [-0.3, -0.25) is 0 Å². The third-order valence-corrected chi connectivity index (χ3v) is 3.15. The van der Waals surface area contributed by atoms with E-state index in [1.807, 2.05) is 25.1 Å². The molecule has 7 nitrogen and oxygen atoms in total. The van der Waals surface area contributed by atoms with Gasteiger partial charge in [0.05, 0.1) is 25.4 Å². The number of aryl methyl sites for hydroxylation is 1. The summed E-state index contributed by atoms with van der Waals surface area (Å²) in [5, 5.41) is 4.03. The second-order valence-electron chi connectivity index (χ2n) is 4.57. The van der Waals surface area contributed by atoms with Crippen molar-refractivity contribution in [3.05, 3.63) is 36.2 Å². The fourth-order valence-electron chi connectivity index (χ4n) is 2.07. The molecule has 112 valence electrons. The van der Waals surface area contributed by atoms with Crippen LogP contribution in [0.5, 0.6) is 11.8 Å². The van der Waals surface area contributed by atoms with Gasteiger partial charge in [0.15, 0.2) is 0 Å². The highest BCUT2D eigenvalue weighted by molar-refractivity contribution is 5.83. The Balaban J connectivity index is 1.99. The molecule has 2 aromatic heterocycles. The average molecular weight is 297 g/mol. The highest BCUT2D eigenvalue weighted by Crippen LogP contribution is 2.23. The summed E-state index contributed by atoms with van der Waals surface area (Å²) in [6.45, 7) is 1.93. The van der Waals surface area contributed by atoms with Gasteiger partial charge in [0.25, 0.3) is 0 Å². The number of methoxy groups -OCH3 is 2. The summed E-state index contributed by atoms with van der Waals surface area (Å²) in [7, 11) is 3.14. The molecule has 0 atom stereocenters. The van der Waals surface area contributed by atoms with Crippen LogP contribution in [-0.2, 0) is 0 Å². The number of aromatic nitrogens is 4. The summed E-state index contributed by atoms with van der Waals surface area (Å²) in [5.74, 6) is 1.77. The Morgan fingerprint density at radius 3 is 2.64 bits per heavy atom. The first-order chi connectivity index (χ1) is 10.7. The molecule has 0 bridgehead atoms. The van der Waals surface area contributed by atoms with Gasteiger partial charge >= 0.3 is 6.01 Å². The fraction of sp³-hybridized carbons (Fsp3) is 0.200. The number of nitrogens with one attached hydrogen (secondary N) is 1. The molecule has 3 aromatic rings. The molecule has 7 heteroatoms. The first-order valence-corrected chi connectivity index (χ1v) is 6.66. The van der Waals surface area contributed by atoms with Crippen molar-refractivity contribution in [1.82, 2.24) is 19.9 Å². The normalized spacial score (nSPS) is 10.5. The molecule has 0 saturated heterocycles. The van der Waals surface area contributed by atoms with E-state index in [4.69, 9.17) is 9.47 Å². The molecule has 0 spiro atoms. The van der Waals surface area contributed by atoms with Gasteiger partial charge in [-0.15, -0.1) is 0 Å². The van der Waals surface area contributed by atoms with E-state index in [0.29, 0.717) is 11.8 Å². The number of benzene rings is 1. The largest absolute Gasteiger partial charge is 0.497 e. The second kappa shape index (κ2) is 5.80. The van der Waals surface area contributed by atoms with E-state index in [9.17, 15) is 0 Å². The zero-order valence-electron chi connectivity index (χ0n) is 12.5. The number of rotatable bonds is 4. The fourth-order valence-corrected chi connectivity index (χ4v) is 2.07. The molecule has 0 radical (unpaired) electrons. The smallest absolute Gasteiger partial charge is 0.318 e. The topological polar surface area (TPSA) is 82.0 Å². The maximum absolute atomic E-state index is 5.23. The van der Waals surface area contributed by atoms with Gasteiger partial charge < -0.3 is 14.8 Å². The van der Waals surface area contributed by atoms with Crippen molar-refractivity contribution in [2.75, 3.05) is 19.5 Å². The Hall–Kier alpha value is -2.96. The molecule has 1 aromatic carbocycles. The number of hydrogen-bond acceptors (Lipinski definition) is 7.